The van der Waals surface area contributed by atoms with Gasteiger partial charge in [0.1, 0.15) is 0 Å². The van der Waals surface area contributed by atoms with Crippen LogP contribution in [0.1, 0.15) is 40.0 Å². The molecule has 0 aromatic carbocycles. The Hall–Kier alpha value is -1.59. The van der Waals surface area contributed by atoms with Crippen LogP contribution in [0.5, 0.6) is 0 Å². The van der Waals surface area contributed by atoms with Crippen molar-refractivity contribution in [1.82, 2.24) is 15.5 Å². The highest BCUT2D eigenvalue weighted by Gasteiger charge is 2.25. The highest BCUT2D eigenvalue weighted by atomic mass is 16.2. The van der Waals surface area contributed by atoms with Gasteiger partial charge in [-0.2, -0.15) is 0 Å². The predicted octanol–water partition coefficient (Wildman–Crippen LogP) is 0.735. The monoisotopic (exact) mass is 282 g/mol. The number of rotatable bonds is 5. The van der Waals surface area contributed by atoms with E-state index in [2.05, 4.69) is 36.4 Å². The Morgan fingerprint density at radius 3 is 2.35 bits per heavy atom. The second kappa shape index (κ2) is 7.87. The maximum atomic E-state index is 11.6. The molecule has 1 unspecified atom stereocenters. The first-order chi connectivity index (χ1) is 9.45. The largest absolute Gasteiger partial charge is 0.355 e. The van der Waals surface area contributed by atoms with E-state index >= 15 is 0 Å². The Morgan fingerprint density at radius 1 is 1.25 bits per heavy atom. The number of aliphatic imine (C=N–C) groups is 1. The molecule has 1 saturated heterocycles. The van der Waals surface area contributed by atoms with Crippen LogP contribution in [-0.2, 0) is 9.59 Å². The maximum Gasteiger partial charge on any atom is 0.229 e. The molecule has 6 heteroatoms. The van der Waals surface area contributed by atoms with Crippen molar-refractivity contribution >= 4 is 17.8 Å². The first-order valence-electron chi connectivity index (χ1n) is 7.26. The quantitative estimate of drug-likeness (QED) is 0.443. The maximum absolute atomic E-state index is 11.6. The molecule has 1 heterocycles. The van der Waals surface area contributed by atoms with Gasteiger partial charge in [0.15, 0.2) is 5.96 Å². The Balaban J connectivity index is 2.38. The Kier molecular flexibility index (Phi) is 6.48. The Morgan fingerprint density at radius 2 is 1.85 bits per heavy atom. The van der Waals surface area contributed by atoms with Crippen LogP contribution < -0.4 is 10.6 Å². The van der Waals surface area contributed by atoms with Crippen molar-refractivity contribution in [2.75, 3.05) is 20.1 Å². The van der Waals surface area contributed by atoms with Crippen molar-refractivity contribution in [2.24, 2.45) is 10.9 Å². The van der Waals surface area contributed by atoms with E-state index in [4.69, 9.17) is 0 Å². The molecule has 1 aliphatic heterocycles. The Bertz CT molecular complexity index is 363. The predicted molar refractivity (Wildman–Crippen MR) is 79.4 cm³/mol. The number of amides is 2. The van der Waals surface area contributed by atoms with Crippen molar-refractivity contribution in [1.29, 1.82) is 0 Å². The van der Waals surface area contributed by atoms with E-state index in [1.165, 1.54) is 4.90 Å². The standard InChI is InChI=1S/C14H26N4O2/c1-10(2)11(3)17-14(15-4)16-8-9-18-12(19)6-5-7-13(18)20/h10-11H,5-9H2,1-4H3,(H2,15,16,17). The number of nitrogens with one attached hydrogen (secondary N) is 2. The summed E-state index contributed by atoms with van der Waals surface area (Å²) < 4.78 is 0. The van der Waals surface area contributed by atoms with Gasteiger partial charge in [-0.25, -0.2) is 0 Å². The number of carbonyl (C=O) groups excluding carboxylic acids is 2. The van der Waals surface area contributed by atoms with Crippen LogP contribution in [0, 0.1) is 5.92 Å². The fourth-order valence-corrected chi connectivity index (χ4v) is 1.91. The molecule has 20 heavy (non-hydrogen) atoms. The molecular weight excluding hydrogens is 256 g/mol. The normalized spacial score (nSPS) is 18.4. The highest BCUT2D eigenvalue weighted by Crippen LogP contribution is 2.11. The topological polar surface area (TPSA) is 73.8 Å². The molecule has 114 valence electrons. The van der Waals surface area contributed by atoms with Crippen LogP contribution in [0.2, 0.25) is 0 Å². The fourth-order valence-electron chi connectivity index (χ4n) is 1.91. The number of likely N-dealkylation sites (tertiary alicyclic amines) is 1. The van der Waals surface area contributed by atoms with Crippen LogP contribution in [0.15, 0.2) is 4.99 Å². The molecule has 0 aromatic heterocycles. The van der Waals surface area contributed by atoms with E-state index in [9.17, 15) is 9.59 Å². The zero-order chi connectivity index (χ0) is 15.1. The molecule has 2 amide bonds. The van der Waals surface area contributed by atoms with Gasteiger partial charge in [0.2, 0.25) is 11.8 Å². The smallest absolute Gasteiger partial charge is 0.229 e. The number of imide groups is 1. The molecular formula is C14H26N4O2. The third kappa shape index (κ3) is 4.83. The minimum absolute atomic E-state index is 0.0680. The average Bonchev–Trinajstić information content (AvgIpc) is 2.40. The van der Waals surface area contributed by atoms with Gasteiger partial charge >= 0.3 is 0 Å². The number of piperidine rings is 1. The molecule has 0 aliphatic carbocycles. The fraction of sp³-hybridized carbons (Fsp3) is 0.786. The van der Waals surface area contributed by atoms with E-state index in [0.29, 0.717) is 50.3 Å². The molecule has 0 bridgehead atoms. The second-order valence-electron chi connectivity index (χ2n) is 5.47. The van der Waals surface area contributed by atoms with Crippen LogP contribution >= 0.6 is 0 Å². The number of guanidine groups is 1. The molecule has 1 rings (SSSR count). The van der Waals surface area contributed by atoms with Crippen LogP contribution in [0.4, 0.5) is 0 Å². The Labute approximate surface area is 121 Å². The lowest BCUT2D eigenvalue weighted by Gasteiger charge is -2.26. The number of hydrogen-bond acceptors (Lipinski definition) is 3. The van der Waals surface area contributed by atoms with Crippen molar-refractivity contribution in [2.45, 2.75) is 46.1 Å². The summed E-state index contributed by atoms with van der Waals surface area (Å²) >= 11 is 0. The summed E-state index contributed by atoms with van der Waals surface area (Å²) in [6.07, 6.45) is 1.63. The third-order valence-electron chi connectivity index (χ3n) is 3.60. The van der Waals surface area contributed by atoms with Crippen molar-refractivity contribution in [3.05, 3.63) is 0 Å². The van der Waals surface area contributed by atoms with Crippen molar-refractivity contribution in [3.8, 4) is 0 Å². The SMILES string of the molecule is CN=C(NCCN1C(=O)CCCC1=O)NC(C)C(C)C. The molecule has 2 N–H and O–H groups in total. The summed E-state index contributed by atoms with van der Waals surface area (Å²) in [6, 6.07) is 0.305. The minimum Gasteiger partial charge on any atom is -0.355 e. The molecule has 6 nitrogen and oxygen atoms in total. The molecule has 0 radical (unpaired) electrons. The van der Waals surface area contributed by atoms with Gasteiger partial charge in [-0.3, -0.25) is 19.5 Å². The van der Waals surface area contributed by atoms with E-state index in [0.717, 1.165) is 0 Å². The molecule has 1 aliphatic rings. The molecule has 0 aromatic rings. The first-order valence-corrected chi connectivity index (χ1v) is 7.26. The zero-order valence-corrected chi connectivity index (χ0v) is 12.9. The van der Waals surface area contributed by atoms with Gasteiger partial charge in [-0.1, -0.05) is 13.8 Å². The number of hydrogen-bond donors (Lipinski definition) is 2. The summed E-state index contributed by atoms with van der Waals surface area (Å²) in [5.74, 6) is 1.06. The molecule has 1 atom stereocenters. The summed E-state index contributed by atoms with van der Waals surface area (Å²) in [5.41, 5.74) is 0. The number of nitrogens with zero attached hydrogens (tertiary/aromatic N) is 2. The highest BCUT2D eigenvalue weighted by molar-refractivity contribution is 5.97. The van der Waals surface area contributed by atoms with Gasteiger partial charge in [0.05, 0.1) is 0 Å². The lowest BCUT2D eigenvalue weighted by Crippen LogP contribution is -2.48. The van der Waals surface area contributed by atoms with Crippen molar-refractivity contribution < 1.29 is 9.59 Å². The summed E-state index contributed by atoms with van der Waals surface area (Å²) in [7, 11) is 1.71. The summed E-state index contributed by atoms with van der Waals surface area (Å²) in [4.78, 5) is 28.8. The van der Waals surface area contributed by atoms with E-state index in [-0.39, 0.29) is 11.8 Å². The van der Waals surface area contributed by atoms with Gasteiger partial charge < -0.3 is 10.6 Å². The van der Waals surface area contributed by atoms with Crippen molar-refractivity contribution in [3.63, 3.8) is 0 Å². The van der Waals surface area contributed by atoms with E-state index in [1.54, 1.807) is 7.05 Å². The average molecular weight is 282 g/mol. The zero-order valence-electron chi connectivity index (χ0n) is 12.9. The van der Waals surface area contributed by atoms with Gasteiger partial charge in [0, 0.05) is 39.0 Å². The van der Waals surface area contributed by atoms with E-state index in [1.807, 2.05) is 0 Å². The lowest BCUT2D eigenvalue weighted by atomic mass is 10.1. The van der Waals surface area contributed by atoms with Gasteiger partial charge in [0.25, 0.3) is 0 Å². The molecule has 0 spiro atoms. The number of carbonyl (C=O) groups is 2. The van der Waals surface area contributed by atoms with E-state index < -0.39 is 0 Å². The minimum atomic E-state index is -0.0680. The second-order valence-corrected chi connectivity index (χ2v) is 5.47. The van der Waals surface area contributed by atoms with Gasteiger partial charge in [-0.15, -0.1) is 0 Å². The van der Waals surface area contributed by atoms with Gasteiger partial charge in [-0.05, 0) is 19.3 Å². The van der Waals surface area contributed by atoms with Crippen LogP contribution in [-0.4, -0.2) is 48.9 Å². The lowest BCUT2D eigenvalue weighted by molar-refractivity contribution is -0.147. The first kappa shape index (κ1) is 16.5. The van der Waals surface area contributed by atoms with Crippen LogP contribution in [0.3, 0.4) is 0 Å². The third-order valence-corrected chi connectivity index (χ3v) is 3.60. The molecule has 1 fully saturated rings. The molecule has 0 saturated carbocycles. The summed E-state index contributed by atoms with van der Waals surface area (Å²) in [5, 5.41) is 6.41. The summed E-state index contributed by atoms with van der Waals surface area (Å²) in [6.45, 7) is 7.28. The van der Waals surface area contributed by atoms with Crippen LogP contribution in [0.25, 0.3) is 0 Å².